The fourth-order valence-corrected chi connectivity index (χ4v) is 2.20. The number of rotatable bonds is 2. The number of nitrogens with two attached hydrogens (primary N) is 1. The normalized spacial score (nSPS) is 10.2. The predicted octanol–water partition coefficient (Wildman–Crippen LogP) is 3.12. The van der Waals surface area contributed by atoms with Crippen molar-refractivity contribution in [2.45, 2.75) is 16.7 Å². The molecule has 0 bridgehead atoms. The molecule has 0 saturated carbocycles. The zero-order chi connectivity index (χ0) is 10.7. The third-order valence-electron chi connectivity index (χ3n) is 2.20. The van der Waals surface area contributed by atoms with Crippen LogP contribution in [-0.4, -0.2) is 4.98 Å². The van der Waals surface area contributed by atoms with Gasteiger partial charge in [0.05, 0.1) is 0 Å². The fraction of sp³-hybridized carbons (Fsp3) is 0.0833. The van der Waals surface area contributed by atoms with Crippen LogP contribution in [-0.2, 0) is 0 Å². The van der Waals surface area contributed by atoms with Crippen LogP contribution >= 0.6 is 11.8 Å². The summed E-state index contributed by atoms with van der Waals surface area (Å²) >= 11 is 1.71. The van der Waals surface area contributed by atoms with E-state index in [0.29, 0.717) is 0 Å². The number of anilines is 1. The van der Waals surface area contributed by atoms with Crippen molar-refractivity contribution in [3.05, 3.63) is 48.3 Å². The van der Waals surface area contributed by atoms with E-state index in [1.54, 1.807) is 24.2 Å². The summed E-state index contributed by atoms with van der Waals surface area (Å²) in [6, 6.07) is 9.97. The van der Waals surface area contributed by atoms with E-state index in [4.69, 9.17) is 5.73 Å². The summed E-state index contributed by atoms with van der Waals surface area (Å²) in [5.41, 5.74) is 7.83. The first-order chi connectivity index (χ1) is 7.27. The SMILES string of the molecule is Cc1c(N)cccc1Sc1ccncc1. The molecule has 0 atom stereocenters. The Morgan fingerprint density at radius 1 is 1.13 bits per heavy atom. The molecule has 2 aromatic rings. The Bertz CT molecular complexity index is 454. The molecule has 0 radical (unpaired) electrons. The molecule has 0 fully saturated rings. The molecule has 2 nitrogen and oxygen atoms in total. The second-order valence-corrected chi connectivity index (χ2v) is 4.37. The third kappa shape index (κ3) is 2.30. The first-order valence-corrected chi connectivity index (χ1v) is 5.52. The van der Waals surface area contributed by atoms with Gasteiger partial charge in [-0.2, -0.15) is 0 Å². The molecule has 1 heterocycles. The van der Waals surface area contributed by atoms with Crippen LogP contribution in [0.4, 0.5) is 5.69 Å². The van der Waals surface area contributed by atoms with Gasteiger partial charge in [0.25, 0.3) is 0 Å². The molecule has 0 aliphatic heterocycles. The number of hydrogen-bond acceptors (Lipinski definition) is 3. The van der Waals surface area contributed by atoms with Crippen molar-refractivity contribution in [1.82, 2.24) is 4.98 Å². The van der Waals surface area contributed by atoms with Gasteiger partial charge < -0.3 is 5.73 Å². The Morgan fingerprint density at radius 3 is 2.60 bits per heavy atom. The number of nitrogens with zero attached hydrogens (tertiary/aromatic N) is 1. The smallest absolute Gasteiger partial charge is 0.0355 e. The first-order valence-electron chi connectivity index (χ1n) is 4.70. The van der Waals surface area contributed by atoms with Crippen molar-refractivity contribution in [1.29, 1.82) is 0 Å². The van der Waals surface area contributed by atoms with Crippen LogP contribution in [0.25, 0.3) is 0 Å². The summed E-state index contributed by atoms with van der Waals surface area (Å²) in [7, 11) is 0. The van der Waals surface area contributed by atoms with Crippen LogP contribution in [0.2, 0.25) is 0 Å². The Balaban J connectivity index is 2.29. The quantitative estimate of drug-likeness (QED) is 0.784. The second kappa shape index (κ2) is 4.36. The van der Waals surface area contributed by atoms with E-state index >= 15 is 0 Å². The molecule has 1 aromatic carbocycles. The Kier molecular flexibility index (Phi) is 2.92. The lowest BCUT2D eigenvalue weighted by atomic mass is 10.2. The minimum atomic E-state index is 0.842. The molecule has 2 rings (SSSR count). The fourth-order valence-electron chi connectivity index (χ4n) is 1.28. The van der Waals surface area contributed by atoms with Gasteiger partial charge in [0.1, 0.15) is 0 Å². The summed E-state index contributed by atoms with van der Waals surface area (Å²) in [4.78, 5) is 6.36. The summed E-state index contributed by atoms with van der Waals surface area (Å²) in [5.74, 6) is 0. The van der Waals surface area contributed by atoms with Crippen LogP contribution in [0, 0.1) is 6.92 Å². The summed E-state index contributed by atoms with van der Waals surface area (Å²) in [5, 5.41) is 0. The summed E-state index contributed by atoms with van der Waals surface area (Å²) < 4.78 is 0. The maximum atomic E-state index is 5.85. The largest absolute Gasteiger partial charge is 0.398 e. The van der Waals surface area contributed by atoms with Crippen LogP contribution in [0.3, 0.4) is 0 Å². The van der Waals surface area contributed by atoms with E-state index < -0.39 is 0 Å². The van der Waals surface area contributed by atoms with Crippen molar-refractivity contribution < 1.29 is 0 Å². The second-order valence-electron chi connectivity index (χ2n) is 3.26. The average Bonchev–Trinajstić information content (AvgIpc) is 2.26. The maximum Gasteiger partial charge on any atom is 0.0355 e. The molecule has 0 unspecified atom stereocenters. The van der Waals surface area contributed by atoms with Gasteiger partial charge in [-0.25, -0.2) is 0 Å². The van der Waals surface area contributed by atoms with Gasteiger partial charge in [0.15, 0.2) is 0 Å². The highest BCUT2D eigenvalue weighted by atomic mass is 32.2. The molecule has 76 valence electrons. The van der Waals surface area contributed by atoms with Crippen molar-refractivity contribution in [3.63, 3.8) is 0 Å². The third-order valence-corrected chi connectivity index (χ3v) is 3.37. The Labute approximate surface area is 93.5 Å². The molecule has 15 heavy (non-hydrogen) atoms. The maximum absolute atomic E-state index is 5.85. The lowest BCUT2D eigenvalue weighted by Crippen LogP contribution is -1.90. The van der Waals surface area contributed by atoms with Gasteiger partial charge in [0, 0.05) is 27.9 Å². The van der Waals surface area contributed by atoms with Gasteiger partial charge in [-0.15, -0.1) is 0 Å². The van der Waals surface area contributed by atoms with E-state index in [1.165, 1.54) is 9.79 Å². The number of hydrogen-bond donors (Lipinski definition) is 1. The van der Waals surface area contributed by atoms with Gasteiger partial charge in [-0.1, -0.05) is 17.8 Å². The van der Waals surface area contributed by atoms with Crippen molar-refractivity contribution in [2.75, 3.05) is 5.73 Å². The summed E-state index contributed by atoms with van der Waals surface area (Å²) in [6.07, 6.45) is 3.59. The molecule has 0 spiro atoms. The van der Waals surface area contributed by atoms with Gasteiger partial charge in [-0.05, 0) is 36.8 Å². The van der Waals surface area contributed by atoms with E-state index in [2.05, 4.69) is 11.1 Å². The molecular weight excluding hydrogens is 204 g/mol. The number of aromatic nitrogens is 1. The van der Waals surface area contributed by atoms with E-state index in [-0.39, 0.29) is 0 Å². The van der Waals surface area contributed by atoms with Crippen LogP contribution in [0.15, 0.2) is 52.5 Å². The highest BCUT2D eigenvalue weighted by Gasteiger charge is 2.02. The minimum Gasteiger partial charge on any atom is -0.398 e. The van der Waals surface area contributed by atoms with Crippen molar-refractivity contribution in [2.24, 2.45) is 0 Å². The zero-order valence-electron chi connectivity index (χ0n) is 8.47. The molecule has 1 aromatic heterocycles. The number of pyridine rings is 1. The summed E-state index contributed by atoms with van der Waals surface area (Å²) in [6.45, 7) is 2.04. The van der Waals surface area contributed by atoms with Crippen LogP contribution < -0.4 is 5.73 Å². The van der Waals surface area contributed by atoms with Crippen LogP contribution in [0.1, 0.15) is 5.56 Å². The molecule has 0 aliphatic rings. The highest BCUT2D eigenvalue weighted by molar-refractivity contribution is 7.99. The first kappa shape index (κ1) is 10.1. The standard InChI is InChI=1S/C12H12N2S/c1-9-11(13)3-2-4-12(9)15-10-5-7-14-8-6-10/h2-8H,13H2,1H3. The molecule has 0 amide bonds. The van der Waals surface area contributed by atoms with Gasteiger partial charge >= 0.3 is 0 Å². The highest BCUT2D eigenvalue weighted by Crippen LogP contribution is 2.31. The van der Waals surface area contributed by atoms with E-state index in [0.717, 1.165) is 11.3 Å². The van der Waals surface area contributed by atoms with E-state index in [9.17, 15) is 0 Å². The lowest BCUT2D eigenvalue weighted by molar-refractivity contribution is 1.25. The molecule has 2 N–H and O–H groups in total. The van der Waals surface area contributed by atoms with Crippen molar-refractivity contribution in [3.8, 4) is 0 Å². The molecular formula is C12H12N2S. The average molecular weight is 216 g/mol. The molecule has 0 saturated heterocycles. The number of benzene rings is 1. The van der Waals surface area contributed by atoms with Gasteiger partial charge in [-0.3, -0.25) is 4.98 Å². The Morgan fingerprint density at radius 2 is 1.87 bits per heavy atom. The monoisotopic (exact) mass is 216 g/mol. The van der Waals surface area contributed by atoms with Crippen molar-refractivity contribution >= 4 is 17.4 Å². The molecule has 3 heteroatoms. The lowest BCUT2D eigenvalue weighted by Gasteiger charge is -2.07. The topological polar surface area (TPSA) is 38.9 Å². The number of nitrogen functional groups attached to an aromatic ring is 1. The molecule has 0 aliphatic carbocycles. The van der Waals surface area contributed by atoms with E-state index in [1.807, 2.05) is 31.2 Å². The minimum absolute atomic E-state index is 0.842. The van der Waals surface area contributed by atoms with Gasteiger partial charge in [0.2, 0.25) is 0 Å². The Hall–Kier alpha value is -1.48. The van der Waals surface area contributed by atoms with Crippen LogP contribution in [0.5, 0.6) is 0 Å². The predicted molar refractivity (Wildman–Crippen MR) is 64.0 cm³/mol. The zero-order valence-corrected chi connectivity index (χ0v) is 9.29.